The number of hydrogen-bond donors (Lipinski definition) is 0. The van der Waals surface area contributed by atoms with Crippen LogP contribution < -0.4 is 0 Å². The van der Waals surface area contributed by atoms with Gasteiger partial charge in [0.2, 0.25) is 5.79 Å². The van der Waals surface area contributed by atoms with Crippen LogP contribution in [0.25, 0.3) is 6.08 Å². The first-order valence-electron chi connectivity index (χ1n) is 7.56. The maximum Gasteiger partial charge on any atom is 0.208 e. The molecule has 3 nitrogen and oxygen atoms in total. The molecule has 1 aliphatic rings. The minimum Gasteiger partial charge on any atom is -0.343 e. The van der Waals surface area contributed by atoms with Crippen molar-refractivity contribution in [3.63, 3.8) is 0 Å². The number of rotatable bonds is 5. The molecule has 2 aromatic carbocycles. The Hall–Kier alpha value is -1.02. The highest BCUT2D eigenvalue weighted by Gasteiger charge is 2.43. The molecule has 0 spiro atoms. The van der Waals surface area contributed by atoms with Crippen molar-refractivity contribution in [1.29, 1.82) is 0 Å². The quantitative estimate of drug-likeness (QED) is 0.255. The zero-order valence-electron chi connectivity index (χ0n) is 12.9. The van der Waals surface area contributed by atoms with Crippen LogP contribution in [0.5, 0.6) is 0 Å². The Labute approximate surface area is 163 Å². The fourth-order valence-electron chi connectivity index (χ4n) is 2.58. The number of halogens is 2. The molecule has 1 fully saturated rings. The van der Waals surface area contributed by atoms with Crippen molar-refractivity contribution in [1.82, 2.24) is 0 Å². The summed E-state index contributed by atoms with van der Waals surface area (Å²) < 4.78 is 13.2. The van der Waals surface area contributed by atoms with E-state index in [1.54, 1.807) is 12.1 Å². The minimum absolute atomic E-state index is 0.0788. The molecule has 0 atom stereocenters. The summed E-state index contributed by atoms with van der Waals surface area (Å²) in [4.78, 5) is 13.2. The van der Waals surface area contributed by atoms with Gasteiger partial charge in [-0.2, -0.15) is 0 Å². The van der Waals surface area contributed by atoms with E-state index in [9.17, 15) is 4.79 Å². The monoisotopic (exact) mass is 498 g/mol. The molecule has 0 saturated carbocycles. The summed E-state index contributed by atoms with van der Waals surface area (Å²) >= 11 is 5.61. The lowest BCUT2D eigenvalue weighted by atomic mass is 9.95. The van der Waals surface area contributed by atoms with Crippen LogP contribution in [0.1, 0.15) is 15.9 Å². The van der Waals surface area contributed by atoms with Crippen molar-refractivity contribution in [3.05, 3.63) is 75.8 Å². The second-order valence-corrected chi connectivity index (χ2v) is 7.07. The van der Waals surface area contributed by atoms with Crippen LogP contribution in [0.4, 0.5) is 0 Å². The van der Waals surface area contributed by atoms with Crippen LogP contribution in [0.2, 0.25) is 0 Å². The number of Topliss-reactive ketones (excluding diaryl/α,β-unsaturated/α-hetero) is 1. The fraction of sp³-hybridized carbons (Fsp3) is 0.211. The summed E-state index contributed by atoms with van der Waals surface area (Å²) in [7, 11) is 0. The highest BCUT2D eigenvalue weighted by atomic mass is 127. The van der Waals surface area contributed by atoms with Gasteiger partial charge in [0.05, 0.1) is 23.2 Å². The molecule has 5 heteroatoms. The van der Waals surface area contributed by atoms with Gasteiger partial charge in [0.15, 0.2) is 5.78 Å². The minimum atomic E-state index is -0.986. The third kappa shape index (κ3) is 3.79. The van der Waals surface area contributed by atoms with E-state index < -0.39 is 5.79 Å². The van der Waals surface area contributed by atoms with Gasteiger partial charge in [-0.25, -0.2) is 0 Å². The summed E-state index contributed by atoms with van der Waals surface area (Å²) in [6.45, 7) is 0.978. The predicted molar refractivity (Wildman–Crippen MR) is 106 cm³/mol. The Morgan fingerprint density at radius 2 is 1.71 bits per heavy atom. The van der Waals surface area contributed by atoms with E-state index in [1.807, 2.05) is 48.5 Å². The highest BCUT2D eigenvalue weighted by molar-refractivity contribution is 14.1. The summed E-state index contributed by atoms with van der Waals surface area (Å²) in [5.41, 5.74) is 2.09. The lowest BCUT2D eigenvalue weighted by Gasteiger charge is -2.27. The molecule has 2 aromatic rings. The molecule has 0 bridgehead atoms. The zero-order valence-corrected chi connectivity index (χ0v) is 16.6. The standard InChI is InChI=1S/C19H16BrIO3/c20-16-8-6-15(7-9-16)18(22)17(12-14-4-2-1-3-5-14)19(13-21)23-10-11-24-19/h1-9,12H,10-11,13H2/b17-12+. The molecule has 124 valence electrons. The lowest BCUT2D eigenvalue weighted by Crippen LogP contribution is -2.38. The third-order valence-corrected chi connectivity index (χ3v) is 5.33. The second kappa shape index (κ2) is 7.91. The van der Waals surface area contributed by atoms with Gasteiger partial charge in [-0.15, -0.1) is 0 Å². The molecule has 0 N–H and O–H groups in total. The van der Waals surface area contributed by atoms with Crippen molar-refractivity contribution in [3.8, 4) is 0 Å². The Bertz CT molecular complexity index is 735. The van der Waals surface area contributed by atoms with Crippen LogP contribution in [0.15, 0.2) is 64.6 Å². The molecule has 1 saturated heterocycles. The summed E-state index contributed by atoms with van der Waals surface area (Å²) in [5, 5.41) is 0. The Morgan fingerprint density at radius 3 is 2.29 bits per heavy atom. The molecule has 1 heterocycles. The van der Waals surface area contributed by atoms with E-state index >= 15 is 0 Å². The molecule has 0 unspecified atom stereocenters. The fourth-order valence-corrected chi connectivity index (χ4v) is 3.70. The van der Waals surface area contributed by atoms with Crippen LogP contribution in [0, 0.1) is 0 Å². The van der Waals surface area contributed by atoms with Crippen molar-refractivity contribution in [2.24, 2.45) is 0 Å². The van der Waals surface area contributed by atoms with E-state index in [1.165, 1.54) is 0 Å². The second-order valence-electron chi connectivity index (χ2n) is 5.39. The van der Waals surface area contributed by atoms with Gasteiger partial charge in [-0.3, -0.25) is 4.79 Å². The van der Waals surface area contributed by atoms with E-state index in [0.29, 0.717) is 28.8 Å². The molecule has 3 rings (SSSR count). The SMILES string of the molecule is O=C(/C(=C\c1ccccc1)C1(CI)OCCO1)c1ccc(Br)cc1. The topological polar surface area (TPSA) is 35.5 Å². The van der Waals surface area contributed by atoms with Crippen molar-refractivity contribution >= 4 is 50.4 Å². The first kappa shape index (κ1) is 17.8. The molecule has 24 heavy (non-hydrogen) atoms. The number of carbonyl (C=O) groups excluding carboxylic acids is 1. The molecule has 0 amide bonds. The molecule has 0 aromatic heterocycles. The number of ketones is 1. The Kier molecular flexibility index (Phi) is 5.86. The highest BCUT2D eigenvalue weighted by Crippen LogP contribution is 2.34. The number of hydrogen-bond acceptors (Lipinski definition) is 3. The number of benzene rings is 2. The maximum absolute atomic E-state index is 13.2. The Morgan fingerprint density at radius 1 is 1.08 bits per heavy atom. The number of alkyl halides is 1. The lowest BCUT2D eigenvalue weighted by molar-refractivity contribution is -0.0997. The van der Waals surface area contributed by atoms with E-state index in [4.69, 9.17) is 9.47 Å². The average molecular weight is 499 g/mol. The van der Waals surface area contributed by atoms with E-state index in [-0.39, 0.29) is 5.78 Å². The smallest absolute Gasteiger partial charge is 0.208 e. The molecule has 0 aliphatic carbocycles. The zero-order chi connectivity index (χ0) is 17.0. The van der Waals surface area contributed by atoms with Crippen molar-refractivity contribution in [2.75, 3.05) is 17.6 Å². The maximum atomic E-state index is 13.2. The molecule has 1 aliphatic heterocycles. The van der Waals surface area contributed by atoms with Gasteiger partial charge in [0.1, 0.15) is 0 Å². The van der Waals surface area contributed by atoms with Crippen molar-refractivity contribution < 1.29 is 14.3 Å². The van der Waals surface area contributed by atoms with Gasteiger partial charge in [0, 0.05) is 10.0 Å². The molecular weight excluding hydrogens is 483 g/mol. The van der Waals surface area contributed by atoms with Gasteiger partial charge in [-0.1, -0.05) is 68.9 Å². The van der Waals surface area contributed by atoms with Gasteiger partial charge >= 0.3 is 0 Å². The third-order valence-electron chi connectivity index (χ3n) is 3.80. The number of ether oxygens (including phenoxy) is 2. The van der Waals surface area contributed by atoms with E-state index in [0.717, 1.165) is 10.0 Å². The summed E-state index contributed by atoms with van der Waals surface area (Å²) in [5.74, 6) is -1.06. The Balaban J connectivity index is 2.06. The van der Waals surface area contributed by atoms with Gasteiger partial charge in [0.25, 0.3) is 0 Å². The summed E-state index contributed by atoms with van der Waals surface area (Å²) in [6, 6.07) is 17.1. The largest absolute Gasteiger partial charge is 0.343 e. The number of carbonyl (C=O) groups is 1. The normalized spacial score (nSPS) is 17.0. The molecule has 0 radical (unpaired) electrons. The van der Waals surface area contributed by atoms with E-state index in [2.05, 4.69) is 38.5 Å². The van der Waals surface area contributed by atoms with Crippen LogP contribution >= 0.6 is 38.5 Å². The van der Waals surface area contributed by atoms with Crippen LogP contribution in [0.3, 0.4) is 0 Å². The van der Waals surface area contributed by atoms with Crippen LogP contribution in [-0.2, 0) is 9.47 Å². The first-order valence-corrected chi connectivity index (χ1v) is 9.88. The average Bonchev–Trinajstić information content (AvgIpc) is 3.11. The summed E-state index contributed by atoms with van der Waals surface area (Å²) in [6.07, 6.45) is 1.87. The van der Waals surface area contributed by atoms with Gasteiger partial charge < -0.3 is 9.47 Å². The molecular formula is C19H16BrIO3. The first-order chi connectivity index (χ1) is 11.6. The van der Waals surface area contributed by atoms with Crippen molar-refractivity contribution in [2.45, 2.75) is 5.79 Å². The van der Waals surface area contributed by atoms with Gasteiger partial charge in [-0.05, 0) is 35.9 Å². The van der Waals surface area contributed by atoms with Crippen LogP contribution in [-0.4, -0.2) is 29.2 Å². The predicted octanol–water partition coefficient (Wildman–Crippen LogP) is 4.89.